The molecule has 0 aromatic heterocycles. The molecule has 2 aromatic carbocycles. The summed E-state index contributed by atoms with van der Waals surface area (Å²) < 4.78 is 39.4. The molecule has 0 saturated carbocycles. The molecule has 7 heteroatoms. The normalized spacial score (nSPS) is 10.0. The summed E-state index contributed by atoms with van der Waals surface area (Å²) in [7, 11) is 0. The first kappa shape index (κ1) is 14.9. The van der Waals surface area contributed by atoms with Crippen molar-refractivity contribution in [1.29, 1.82) is 5.26 Å². The molecule has 21 heavy (non-hydrogen) atoms. The van der Waals surface area contributed by atoms with Crippen molar-refractivity contribution in [1.82, 2.24) is 0 Å². The number of carbonyl (C=O) groups is 1. The summed E-state index contributed by atoms with van der Waals surface area (Å²) in [6.45, 7) is 0. The Bertz CT molecular complexity index is 772. The highest BCUT2D eigenvalue weighted by molar-refractivity contribution is 6.34. The van der Waals surface area contributed by atoms with Gasteiger partial charge in [-0.25, -0.2) is 13.2 Å². The zero-order valence-corrected chi connectivity index (χ0v) is 11.0. The smallest absolute Gasteiger partial charge is 0.258 e. The molecule has 0 atom stereocenters. The van der Waals surface area contributed by atoms with Gasteiger partial charge in [0.15, 0.2) is 17.5 Å². The molecule has 0 heterocycles. The minimum atomic E-state index is -1.74. The molecule has 0 aliphatic heterocycles. The summed E-state index contributed by atoms with van der Waals surface area (Å²) in [6, 6.07) is 7.37. The van der Waals surface area contributed by atoms with Crippen LogP contribution >= 0.6 is 11.6 Å². The van der Waals surface area contributed by atoms with Crippen molar-refractivity contribution in [3.05, 3.63) is 63.9 Å². The van der Waals surface area contributed by atoms with Crippen LogP contribution in [0.4, 0.5) is 18.9 Å². The number of hydrogen-bond donors (Lipinski definition) is 1. The Hall–Kier alpha value is -2.52. The number of benzene rings is 2. The van der Waals surface area contributed by atoms with Crippen molar-refractivity contribution in [3.63, 3.8) is 0 Å². The van der Waals surface area contributed by atoms with Crippen LogP contribution in [0.5, 0.6) is 0 Å². The summed E-state index contributed by atoms with van der Waals surface area (Å²) in [4.78, 5) is 11.9. The first-order valence-electron chi connectivity index (χ1n) is 5.58. The van der Waals surface area contributed by atoms with E-state index in [1.165, 1.54) is 18.2 Å². The predicted octanol–water partition coefficient (Wildman–Crippen LogP) is 3.88. The van der Waals surface area contributed by atoms with E-state index in [0.29, 0.717) is 6.07 Å². The lowest BCUT2D eigenvalue weighted by molar-refractivity contribution is 0.102. The number of hydrogen-bond acceptors (Lipinski definition) is 2. The van der Waals surface area contributed by atoms with Crippen LogP contribution in [0.3, 0.4) is 0 Å². The van der Waals surface area contributed by atoms with Gasteiger partial charge in [0.05, 0.1) is 27.9 Å². The van der Waals surface area contributed by atoms with Crippen molar-refractivity contribution in [2.75, 3.05) is 5.32 Å². The van der Waals surface area contributed by atoms with E-state index < -0.39 is 28.9 Å². The predicted molar refractivity (Wildman–Crippen MR) is 70.4 cm³/mol. The second-order valence-electron chi connectivity index (χ2n) is 3.98. The van der Waals surface area contributed by atoms with Gasteiger partial charge in [-0.1, -0.05) is 11.6 Å². The molecule has 106 valence electrons. The molecule has 3 nitrogen and oxygen atoms in total. The lowest BCUT2D eigenvalue weighted by atomic mass is 10.1. The fourth-order valence-electron chi connectivity index (χ4n) is 1.58. The quantitative estimate of drug-likeness (QED) is 0.856. The first-order chi connectivity index (χ1) is 9.93. The first-order valence-corrected chi connectivity index (χ1v) is 5.96. The van der Waals surface area contributed by atoms with E-state index in [9.17, 15) is 18.0 Å². The molecule has 0 bridgehead atoms. The Kier molecular flexibility index (Phi) is 4.15. The summed E-state index contributed by atoms with van der Waals surface area (Å²) >= 11 is 5.83. The average Bonchev–Trinajstić information content (AvgIpc) is 2.47. The highest BCUT2D eigenvalue weighted by atomic mass is 35.5. The molecule has 0 radical (unpaired) electrons. The van der Waals surface area contributed by atoms with Crippen molar-refractivity contribution >= 4 is 23.2 Å². The van der Waals surface area contributed by atoms with Crippen LogP contribution in [-0.4, -0.2) is 5.91 Å². The third-order valence-electron chi connectivity index (χ3n) is 2.62. The van der Waals surface area contributed by atoms with Crippen LogP contribution in [-0.2, 0) is 0 Å². The van der Waals surface area contributed by atoms with Crippen molar-refractivity contribution in [3.8, 4) is 6.07 Å². The third kappa shape index (κ3) is 2.98. The number of rotatable bonds is 2. The molecule has 1 amide bonds. The number of nitriles is 1. The lowest BCUT2D eigenvalue weighted by Crippen LogP contribution is -2.15. The van der Waals surface area contributed by atoms with Gasteiger partial charge in [0, 0.05) is 0 Å². The van der Waals surface area contributed by atoms with Gasteiger partial charge in [0.25, 0.3) is 5.91 Å². The van der Waals surface area contributed by atoms with Gasteiger partial charge in [-0.2, -0.15) is 5.26 Å². The van der Waals surface area contributed by atoms with Gasteiger partial charge in [0.2, 0.25) is 0 Å². The van der Waals surface area contributed by atoms with E-state index in [4.69, 9.17) is 16.9 Å². The summed E-state index contributed by atoms with van der Waals surface area (Å²) in [6.07, 6.45) is 0. The fourth-order valence-corrected chi connectivity index (χ4v) is 1.75. The monoisotopic (exact) mass is 310 g/mol. The highest BCUT2D eigenvalue weighted by Gasteiger charge is 2.19. The average molecular weight is 311 g/mol. The number of anilines is 1. The zero-order valence-electron chi connectivity index (χ0n) is 10.3. The highest BCUT2D eigenvalue weighted by Crippen LogP contribution is 2.24. The molecule has 0 saturated heterocycles. The van der Waals surface area contributed by atoms with Gasteiger partial charge in [-0.15, -0.1) is 0 Å². The maximum Gasteiger partial charge on any atom is 0.258 e. The van der Waals surface area contributed by atoms with E-state index in [-0.39, 0.29) is 16.3 Å². The SMILES string of the molecule is N#Cc1ccc(Cl)c(NC(=O)c2ccc(F)c(F)c2F)c1. The molecule has 0 spiro atoms. The van der Waals surface area contributed by atoms with Gasteiger partial charge >= 0.3 is 0 Å². The standard InChI is InChI=1S/C14H6ClF3N2O/c15-9-3-1-7(6-19)5-11(9)20-14(21)8-2-4-10(16)13(18)12(8)17/h1-5H,(H,20,21). The minimum absolute atomic E-state index is 0.0600. The Balaban J connectivity index is 2.35. The largest absolute Gasteiger partial charge is 0.320 e. The van der Waals surface area contributed by atoms with Crippen molar-refractivity contribution < 1.29 is 18.0 Å². The van der Waals surface area contributed by atoms with E-state index in [0.717, 1.165) is 6.07 Å². The molecular formula is C14H6ClF3N2O. The molecule has 2 aromatic rings. The molecular weight excluding hydrogens is 305 g/mol. The summed E-state index contributed by atoms with van der Waals surface area (Å²) in [5.41, 5.74) is -0.391. The topological polar surface area (TPSA) is 52.9 Å². The van der Waals surface area contributed by atoms with E-state index in [1.54, 1.807) is 0 Å². The number of carbonyl (C=O) groups excluding carboxylic acids is 1. The molecule has 0 unspecified atom stereocenters. The van der Waals surface area contributed by atoms with E-state index in [2.05, 4.69) is 5.32 Å². The van der Waals surface area contributed by atoms with Gasteiger partial charge in [-0.3, -0.25) is 4.79 Å². The second kappa shape index (κ2) is 5.85. The van der Waals surface area contributed by atoms with Crippen molar-refractivity contribution in [2.45, 2.75) is 0 Å². The second-order valence-corrected chi connectivity index (χ2v) is 4.39. The summed E-state index contributed by atoms with van der Waals surface area (Å²) in [5, 5.41) is 11.1. The molecule has 1 N–H and O–H groups in total. The fraction of sp³-hybridized carbons (Fsp3) is 0. The van der Waals surface area contributed by atoms with Crippen LogP contribution in [0, 0.1) is 28.8 Å². The van der Waals surface area contributed by atoms with E-state index in [1.807, 2.05) is 6.07 Å². The van der Waals surface area contributed by atoms with Gasteiger partial charge in [-0.05, 0) is 30.3 Å². The minimum Gasteiger partial charge on any atom is -0.320 e. The summed E-state index contributed by atoms with van der Waals surface area (Å²) in [5.74, 6) is -5.74. The number of nitrogens with zero attached hydrogens (tertiary/aromatic N) is 1. The van der Waals surface area contributed by atoms with Crippen LogP contribution in [0.25, 0.3) is 0 Å². The number of halogens is 4. The Morgan fingerprint density at radius 2 is 1.86 bits per heavy atom. The Labute approximate surface area is 122 Å². The zero-order chi connectivity index (χ0) is 15.6. The molecule has 0 fully saturated rings. The molecule has 0 aliphatic rings. The Morgan fingerprint density at radius 3 is 2.52 bits per heavy atom. The van der Waals surface area contributed by atoms with E-state index >= 15 is 0 Å². The maximum atomic E-state index is 13.5. The number of amides is 1. The number of nitrogens with one attached hydrogen (secondary N) is 1. The van der Waals surface area contributed by atoms with Gasteiger partial charge < -0.3 is 5.32 Å². The van der Waals surface area contributed by atoms with Crippen LogP contribution < -0.4 is 5.32 Å². The van der Waals surface area contributed by atoms with Crippen molar-refractivity contribution in [2.24, 2.45) is 0 Å². The molecule has 2 rings (SSSR count). The maximum absolute atomic E-state index is 13.5. The van der Waals surface area contributed by atoms with Gasteiger partial charge in [0.1, 0.15) is 0 Å². The Morgan fingerprint density at radius 1 is 1.14 bits per heavy atom. The van der Waals surface area contributed by atoms with Crippen LogP contribution in [0.1, 0.15) is 15.9 Å². The third-order valence-corrected chi connectivity index (χ3v) is 2.95. The van der Waals surface area contributed by atoms with Crippen LogP contribution in [0.15, 0.2) is 30.3 Å². The molecule has 0 aliphatic carbocycles. The lowest BCUT2D eigenvalue weighted by Gasteiger charge is -2.08. The van der Waals surface area contributed by atoms with Crippen LogP contribution in [0.2, 0.25) is 5.02 Å².